The number of hydrogen-bond acceptors (Lipinski definition) is 5. The Labute approximate surface area is 172 Å². The van der Waals surface area contributed by atoms with Gasteiger partial charge in [0.2, 0.25) is 0 Å². The third kappa shape index (κ3) is 3.76. The minimum atomic E-state index is 0.884. The number of nitrogens with one attached hydrogen (secondary N) is 2. The minimum absolute atomic E-state index is 0.884. The molecule has 0 atom stereocenters. The maximum absolute atomic E-state index is 6.10. The van der Waals surface area contributed by atoms with E-state index in [1.165, 1.54) is 23.4 Å². The second-order valence-electron chi connectivity index (χ2n) is 7.78. The van der Waals surface area contributed by atoms with E-state index < -0.39 is 0 Å². The number of furan rings is 1. The van der Waals surface area contributed by atoms with E-state index in [0.29, 0.717) is 0 Å². The lowest BCUT2D eigenvalue weighted by Crippen LogP contribution is -2.41. The van der Waals surface area contributed by atoms with Gasteiger partial charge in [-0.2, -0.15) is 0 Å². The molecule has 0 saturated carbocycles. The average molecular weight is 389 g/mol. The van der Waals surface area contributed by atoms with Crippen molar-refractivity contribution in [1.82, 2.24) is 10.6 Å². The first-order valence-electron chi connectivity index (χ1n) is 10.6. The van der Waals surface area contributed by atoms with Crippen LogP contribution in [0, 0.1) is 0 Å². The van der Waals surface area contributed by atoms with Crippen LogP contribution >= 0.6 is 0 Å². The lowest BCUT2D eigenvalue weighted by Gasteiger charge is -2.31. The van der Waals surface area contributed by atoms with E-state index in [1.807, 2.05) is 6.26 Å². The molecule has 1 aromatic heterocycles. The zero-order chi connectivity index (χ0) is 19.5. The zero-order valence-electron chi connectivity index (χ0n) is 16.7. The molecule has 0 radical (unpaired) electrons. The van der Waals surface area contributed by atoms with Crippen molar-refractivity contribution in [1.29, 1.82) is 0 Å². The Kier molecular flexibility index (Phi) is 5.24. The molecule has 0 aliphatic carbocycles. The molecule has 2 N–H and O–H groups in total. The van der Waals surface area contributed by atoms with Crippen molar-refractivity contribution >= 4 is 11.4 Å². The monoisotopic (exact) mass is 388 g/mol. The standard InChI is InChI=1S/C24H28N4O/c1-3-9-22(27-13-5-11-25-17-27)20(7-1)19-15-24(29-16-19)21-8-2-4-10-23(21)28-14-6-12-26-18-28/h1-4,7-10,15-16,25-26H,5-6,11-14,17-18H2. The Balaban J connectivity index is 1.48. The van der Waals surface area contributed by atoms with Crippen LogP contribution in [0.4, 0.5) is 11.4 Å². The highest BCUT2D eigenvalue weighted by Crippen LogP contribution is 2.38. The molecule has 150 valence electrons. The summed E-state index contributed by atoms with van der Waals surface area (Å²) in [5.41, 5.74) is 6.00. The first kappa shape index (κ1) is 18.3. The molecule has 0 spiro atoms. The SMILES string of the molecule is c1ccc(N2CCCNC2)c(-c2coc(-c3ccccc3N3CCCNC3)c2)c1. The normalized spacial score (nSPS) is 17.5. The number of para-hydroxylation sites is 2. The number of hydrogen-bond donors (Lipinski definition) is 2. The minimum Gasteiger partial charge on any atom is -0.464 e. The van der Waals surface area contributed by atoms with Crippen molar-refractivity contribution in [3.05, 3.63) is 60.9 Å². The van der Waals surface area contributed by atoms with Gasteiger partial charge >= 0.3 is 0 Å². The summed E-state index contributed by atoms with van der Waals surface area (Å²) in [6.07, 6.45) is 4.23. The summed E-state index contributed by atoms with van der Waals surface area (Å²) in [6.45, 7) is 6.12. The zero-order valence-corrected chi connectivity index (χ0v) is 16.7. The second kappa shape index (κ2) is 8.31. The van der Waals surface area contributed by atoms with Gasteiger partial charge in [0.1, 0.15) is 5.76 Å². The van der Waals surface area contributed by atoms with E-state index in [-0.39, 0.29) is 0 Å². The first-order chi connectivity index (χ1) is 14.4. The highest BCUT2D eigenvalue weighted by molar-refractivity contribution is 5.83. The molecule has 2 aliphatic heterocycles. The van der Waals surface area contributed by atoms with Gasteiger partial charge in [0.25, 0.3) is 0 Å². The highest BCUT2D eigenvalue weighted by Gasteiger charge is 2.19. The van der Waals surface area contributed by atoms with Crippen LogP contribution in [0.15, 0.2) is 65.3 Å². The quantitative estimate of drug-likeness (QED) is 0.704. The van der Waals surface area contributed by atoms with Crippen LogP contribution in [0.25, 0.3) is 22.5 Å². The molecule has 0 unspecified atom stereocenters. The maximum Gasteiger partial charge on any atom is 0.136 e. The van der Waals surface area contributed by atoms with E-state index >= 15 is 0 Å². The number of rotatable bonds is 4. The molecule has 5 heteroatoms. The molecule has 3 heterocycles. The summed E-state index contributed by atoms with van der Waals surface area (Å²) >= 11 is 0. The Morgan fingerprint density at radius 2 is 1.31 bits per heavy atom. The maximum atomic E-state index is 6.10. The Hall–Kier alpha value is -2.76. The molecule has 0 amide bonds. The predicted octanol–water partition coefficient (Wildman–Crippen LogP) is 4.13. The predicted molar refractivity (Wildman–Crippen MR) is 119 cm³/mol. The molecular weight excluding hydrogens is 360 g/mol. The lowest BCUT2D eigenvalue weighted by molar-refractivity contribution is 0.551. The van der Waals surface area contributed by atoms with Gasteiger partial charge in [0.15, 0.2) is 0 Å². The van der Waals surface area contributed by atoms with Gasteiger partial charge in [0, 0.05) is 41.2 Å². The van der Waals surface area contributed by atoms with Gasteiger partial charge in [-0.25, -0.2) is 0 Å². The molecule has 2 aromatic carbocycles. The molecular formula is C24H28N4O. The van der Waals surface area contributed by atoms with Crippen LogP contribution in [0.3, 0.4) is 0 Å². The molecule has 29 heavy (non-hydrogen) atoms. The largest absolute Gasteiger partial charge is 0.464 e. The second-order valence-corrected chi connectivity index (χ2v) is 7.78. The first-order valence-corrected chi connectivity index (χ1v) is 10.6. The van der Waals surface area contributed by atoms with Gasteiger partial charge in [-0.05, 0) is 50.2 Å². The van der Waals surface area contributed by atoms with Crippen LogP contribution in [-0.4, -0.2) is 39.5 Å². The highest BCUT2D eigenvalue weighted by atomic mass is 16.3. The topological polar surface area (TPSA) is 43.7 Å². The molecule has 5 nitrogen and oxygen atoms in total. The van der Waals surface area contributed by atoms with E-state index in [9.17, 15) is 0 Å². The molecule has 0 bridgehead atoms. The van der Waals surface area contributed by atoms with Crippen LogP contribution < -0.4 is 20.4 Å². The third-order valence-electron chi connectivity index (χ3n) is 5.83. The summed E-state index contributed by atoms with van der Waals surface area (Å²) in [4.78, 5) is 4.81. The number of benzene rings is 2. The van der Waals surface area contributed by atoms with E-state index in [1.54, 1.807) is 0 Å². The molecule has 5 rings (SSSR count). The number of anilines is 2. The van der Waals surface area contributed by atoms with Gasteiger partial charge < -0.3 is 14.2 Å². The van der Waals surface area contributed by atoms with Crippen LogP contribution in [-0.2, 0) is 0 Å². The molecule has 2 aliphatic rings. The fourth-order valence-corrected chi connectivity index (χ4v) is 4.36. The average Bonchev–Trinajstić information content (AvgIpc) is 3.30. The van der Waals surface area contributed by atoms with Gasteiger partial charge in [-0.15, -0.1) is 0 Å². The van der Waals surface area contributed by atoms with Crippen molar-refractivity contribution in [3.63, 3.8) is 0 Å². The van der Waals surface area contributed by atoms with E-state index in [4.69, 9.17) is 4.42 Å². The van der Waals surface area contributed by atoms with Crippen molar-refractivity contribution < 1.29 is 4.42 Å². The molecule has 2 fully saturated rings. The van der Waals surface area contributed by atoms with E-state index in [0.717, 1.165) is 62.8 Å². The van der Waals surface area contributed by atoms with Gasteiger partial charge in [-0.1, -0.05) is 30.3 Å². The molecule has 2 saturated heterocycles. The van der Waals surface area contributed by atoms with Crippen molar-refractivity contribution in [2.75, 3.05) is 49.3 Å². The fourth-order valence-electron chi connectivity index (χ4n) is 4.36. The van der Waals surface area contributed by atoms with Crippen LogP contribution in [0.1, 0.15) is 12.8 Å². The summed E-state index contributed by atoms with van der Waals surface area (Å²) < 4.78 is 6.10. The fraction of sp³-hybridized carbons (Fsp3) is 0.333. The summed E-state index contributed by atoms with van der Waals surface area (Å²) in [6, 6.07) is 19.4. The number of nitrogens with zero attached hydrogens (tertiary/aromatic N) is 2. The van der Waals surface area contributed by atoms with Crippen molar-refractivity contribution in [2.24, 2.45) is 0 Å². The molecule has 3 aromatic rings. The summed E-state index contributed by atoms with van der Waals surface area (Å²) in [7, 11) is 0. The van der Waals surface area contributed by atoms with Gasteiger partial charge in [0.05, 0.1) is 19.6 Å². The summed E-state index contributed by atoms with van der Waals surface area (Å²) in [5, 5.41) is 6.95. The smallest absolute Gasteiger partial charge is 0.136 e. The lowest BCUT2D eigenvalue weighted by atomic mass is 10.0. The Morgan fingerprint density at radius 3 is 1.93 bits per heavy atom. The Morgan fingerprint density at radius 1 is 0.724 bits per heavy atom. The van der Waals surface area contributed by atoms with Crippen LogP contribution in [0.5, 0.6) is 0 Å². The summed E-state index contributed by atoms with van der Waals surface area (Å²) in [5.74, 6) is 0.924. The Bertz CT molecular complexity index is 879. The van der Waals surface area contributed by atoms with Gasteiger partial charge in [-0.3, -0.25) is 10.6 Å². The van der Waals surface area contributed by atoms with Crippen LogP contribution in [0.2, 0.25) is 0 Å². The van der Waals surface area contributed by atoms with Crippen molar-refractivity contribution in [2.45, 2.75) is 12.8 Å². The third-order valence-corrected chi connectivity index (χ3v) is 5.83. The van der Waals surface area contributed by atoms with Crippen molar-refractivity contribution in [3.8, 4) is 22.5 Å². The van der Waals surface area contributed by atoms with E-state index in [2.05, 4.69) is 75.0 Å².